The van der Waals surface area contributed by atoms with Crippen LogP contribution < -0.4 is 0 Å². The van der Waals surface area contributed by atoms with E-state index in [4.69, 9.17) is 4.94 Å². The van der Waals surface area contributed by atoms with E-state index in [1.165, 1.54) is 0 Å². The van der Waals surface area contributed by atoms with Gasteiger partial charge in [0.25, 0.3) is 0 Å². The minimum absolute atomic E-state index is 0.737. The first-order chi connectivity index (χ1) is 5.91. The highest BCUT2D eigenvalue weighted by Gasteiger charge is 2.03. The number of hydrogen-bond acceptors (Lipinski definition) is 3. The molecule has 0 N–H and O–H groups in total. The molecule has 0 unspecified atom stereocenters. The van der Waals surface area contributed by atoms with Gasteiger partial charge < -0.3 is 0 Å². The highest BCUT2D eigenvalue weighted by molar-refractivity contribution is 4.90. The van der Waals surface area contributed by atoms with Crippen molar-refractivity contribution in [1.82, 2.24) is 10.1 Å². The van der Waals surface area contributed by atoms with Gasteiger partial charge in [0.05, 0.1) is 0 Å². The highest BCUT2D eigenvalue weighted by Crippen LogP contribution is 1.98. The highest BCUT2D eigenvalue weighted by atomic mass is 16.8. The van der Waals surface area contributed by atoms with Gasteiger partial charge in [-0.1, -0.05) is 24.3 Å². The lowest BCUT2D eigenvalue weighted by molar-refractivity contribution is -0.297. The van der Waals surface area contributed by atoms with Crippen LogP contribution in [0, 0.1) is 0 Å². The van der Waals surface area contributed by atoms with E-state index >= 15 is 0 Å². The molecule has 0 bridgehead atoms. The lowest BCUT2D eigenvalue weighted by atomic mass is 10.3. The molecule has 0 aliphatic rings. The van der Waals surface area contributed by atoms with Crippen molar-refractivity contribution in [3.8, 4) is 0 Å². The summed E-state index contributed by atoms with van der Waals surface area (Å²) in [6.07, 6.45) is 0. The van der Waals surface area contributed by atoms with Crippen LogP contribution in [0.15, 0.2) is 24.3 Å². The monoisotopic (exact) mass is 184 g/mol. The molecule has 3 nitrogen and oxygen atoms in total. The molecule has 0 saturated carbocycles. The number of likely N-dealkylation sites (N-methyl/N-ethyl adjacent to an activating group) is 2. The fourth-order valence-electron chi connectivity index (χ4n) is 1.06. The number of hydrogen-bond donors (Lipinski definition) is 0. The van der Waals surface area contributed by atoms with Gasteiger partial charge in [-0.15, -0.1) is 0 Å². The Balaban J connectivity index is 3.70. The molecular formula is C10H20N2O. The van der Waals surface area contributed by atoms with Crippen molar-refractivity contribution in [3.05, 3.63) is 24.3 Å². The van der Waals surface area contributed by atoms with Gasteiger partial charge in [0.2, 0.25) is 0 Å². The first-order valence-electron chi connectivity index (χ1n) is 4.31. The third-order valence-electron chi connectivity index (χ3n) is 1.26. The fourth-order valence-corrected chi connectivity index (χ4v) is 1.06. The molecule has 0 aromatic carbocycles. The Bertz CT molecular complexity index is 169. The summed E-state index contributed by atoms with van der Waals surface area (Å²) in [6.45, 7) is 13.0. The zero-order valence-corrected chi connectivity index (χ0v) is 9.13. The smallest absolute Gasteiger partial charge is 0.0461 e. The Morgan fingerprint density at radius 3 is 1.54 bits per heavy atom. The van der Waals surface area contributed by atoms with Crippen molar-refractivity contribution in [2.24, 2.45) is 0 Å². The second-order valence-electron chi connectivity index (χ2n) is 3.57. The predicted molar refractivity (Wildman–Crippen MR) is 56.0 cm³/mol. The largest absolute Gasteiger partial charge is 0.208 e. The van der Waals surface area contributed by atoms with Gasteiger partial charge in [-0.3, -0.25) is 0 Å². The van der Waals surface area contributed by atoms with E-state index in [2.05, 4.69) is 13.2 Å². The van der Waals surface area contributed by atoms with E-state index in [0.717, 1.165) is 24.2 Å². The van der Waals surface area contributed by atoms with Crippen molar-refractivity contribution >= 4 is 0 Å². The number of hydroxylamine groups is 4. The number of nitrogens with zero attached hydrogens (tertiary/aromatic N) is 2. The standard InChI is InChI=1S/C10H20N2O/c1-9(2)7-11(5)13-12(6)8-10(3)4/h1,3,7-8H2,2,4-6H3. The first-order valence-corrected chi connectivity index (χ1v) is 4.31. The molecular weight excluding hydrogens is 164 g/mol. The molecule has 0 aliphatic heterocycles. The third kappa shape index (κ3) is 7.71. The van der Waals surface area contributed by atoms with Gasteiger partial charge in [-0.25, -0.2) is 4.94 Å². The van der Waals surface area contributed by atoms with Crippen LogP contribution in [0.2, 0.25) is 0 Å². The molecule has 0 spiro atoms. The summed E-state index contributed by atoms with van der Waals surface area (Å²) in [5, 5.41) is 3.48. The van der Waals surface area contributed by atoms with Crippen LogP contribution in [0.5, 0.6) is 0 Å². The maximum Gasteiger partial charge on any atom is 0.0461 e. The van der Waals surface area contributed by atoms with Crippen molar-refractivity contribution in [1.29, 1.82) is 0 Å². The molecule has 0 radical (unpaired) electrons. The van der Waals surface area contributed by atoms with Crippen LogP contribution in [-0.4, -0.2) is 37.3 Å². The van der Waals surface area contributed by atoms with Crippen LogP contribution in [-0.2, 0) is 4.94 Å². The van der Waals surface area contributed by atoms with Gasteiger partial charge in [0.1, 0.15) is 0 Å². The Morgan fingerprint density at radius 1 is 1.00 bits per heavy atom. The van der Waals surface area contributed by atoms with Gasteiger partial charge in [0.15, 0.2) is 0 Å². The van der Waals surface area contributed by atoms with Crippen molar-refractivity contribution < 1.29 is 4.94 Å². The molecule has 0 rings (SSSR count). The van der Waals surface area contributed by atoms with Gasteiger partial charge in [-0.05, 0) is 13.8 Å². The first kappa shape index (κ1) is 12.4. The fraction of sp³-hybridized carbons (Fsp3) is 0.600. The van der Waals surface area contributed by atoms with Crippen LogP contribution in [0.1, 0.15) is 13.8 Å². The van der Waals surface area contributed by atoms with Gasteiger partial charge in [-0.2, -0.15) is 10.1 Å². The van der Waals surface area contributed by atoms with E-state index in [1.807, 2.05) is 27.9 Å². The van der Waals surface area contributed by atoms with Crippen molar-refractivity contribution in [2.45, 2.75) is 13.8 Å². The van der Waals surface area contributed by atoms with Crippen LogP contribution in [0.3, 0.4) is 0 Å². The predicted octanol–water partition coefficient (Wildman–Crippen LogP) is 1.85. The van der Waals surface area contributed by atoms with E-state index in [-0.39, 0.29) is 0 Å². The second kappa shape index (κ2) is 5.91. The average Bonchev–Trinajstić information content (AvgIpc) is 1.80. The molecule has 0 fully saturated rings. The lowest BCUT2D eigenvalue weighted by Crippen LogP contribution is -2.31. The molecule has 0 amide bonds. The Hall–Kier alpha value is -0.640. The normalized spacial score (nSPS) is 10.9. The molecule has 0 aromatic heterocycles. The Kier molecular flexibility index (Phi) is 5.62. The summed E-state index contributed by atoms with van der Waals surface area (Å²) in [6, 6.07) is 0. The Morgan fingerprint density at radius 2 is 1.31 bits per heavy atom. The lowest BCUT2D eigenvalue weighted by Gasteiger charge is -2.23. The summed E-state index contributed by atoms with van der Waals surface area (Å²) < 4.78 is 0. The minimum atomic E-state index is 0.737. The zero-order valence-electron chi connectivity index (χ0n) is 9.13. The minimum Gasteiger partial charge on any atom is -0.208 e. The summed E-state index contributed by atoms with van der Waals surface area (Å²) in [4.78, 5) is 5.42. The maximum absolute atomic E-state index is 5.42. The zero-order chi connectivity index (χ0) is 10.4. The van der Waals surface area contributed by atoms with Gasteiger partial charge >= 0.3 is 0 Å². The summed E-state index contributed by atoms with van der Waals surface area (Å²) in [5.74, 6) is 0. The quantitative estimate of drug-likeness (QED) is 0.463. The van der Waals surface area contributed by atoms with Crippen LogP contribution >= 0.6 is 0 Å². The molecule has 3 heteroatoms. The molecule has 13 heavy (non-hydrogen) atoms. The Labute approximate surface area is 81.2 Å². The molecule has 76 valence electrons. The maximum atomic E-state index is 5.42. The van der Waals surface area contributed by atoms with Gasteiger partial charge in [0, 0.05) is 27.2 Å². The SMILES string of the molecule is C=C(C)CN(C)ON(C)CC(=C)C. The second-order valence-corrected chi connectivity index (χ2v) is 3.57. The molecule has 0 saturated heterocycles. The molecule has 0 aliphatic carbocycles. The summed E-state index contributed by atoms with van der Waals surface area (Å²) in [7, 11) is 3.76. The van der Waals surface area contributed by atoms with Crippen LogP contribution in [0.4, 0.5) is 0 Å². The molecule has 0 atom stereocenters. The van der Waals surface area contributed by atoms with E-state index in [0.29, 0.717) is 0 Å². The van der Waals surface area contributed by atoms with Crippen LogP contribution in [0.25, 0.3) is 0 Å². The van der Waals surface area contributed by atoms with Crippen molar-refractivity contribution in [3.63, 3.8) is 0 Å². The summed E-state index contributed by atoms with van der Waals surface area (Å²) in [5.41, 5.74) is 2.15. The van der Waals surface area contributed by atoms with Crippen molar-refractivity contribution in [2.75, 3.05) is 27.2 Å². The average molecular weight is 184 g/mol. The molecule has 0 heterocycles. The van der Waals surface area contributed by atoms with E-state index in [1.54, 1.807) is 10.1 Å². The molecule has 0 aromatic rings. The third-order valence-corrected chi connectivity index (χ3v) is 1.26. The van der Waals surface area contributed by atoms with E-state index in [9.17, 15) is 0 Å². The number of rotatable bonds is 6. The van der Waals surface area contributed by atoms with E-state index < -0.39 is 0 Å². The topological polar surface area (TPSA) is 15.7 Å². The summed E-state index contributed by atoms with van der Waals surface area (Å²) >= 11 is 0.